The average molecular weight is 311 g/mol. The van der Waals surface area contributed by atoms with Crippen LogP contribution in [0.4, 0.5) is 0 Å². The van der Waals surface area contributed by atoms with Crippen molar-refractivity contribution in [2.24, 2.45) is 5.41 Å². The Balaban J connectivity index is 3.16. The van der Waals surface area contributed by atoms with Crippen LogP contribution in [0.3, 0.4) is 0 Å². The normalized spacial score (nSPS) is 13.5. The molecule has 0 aliphatic rings. The van der Waals surface area contributed by atoms with E-state index in [1.807, 2.05) is 40.7 Å². The summed E-state index contributed by atoms with van der Waals surface area (Å²) in [6.07, 6.45) is 0.767. The van der Waals surface area contributed by atoms with Gasteiger partial charge in [0.25, 0.3) is 0 Å². The molecule has 0 unspecified atom stereocenters. The Morgan fingerprint density at radius 3 is 1.86 bits per heavy atom. The maximum Gasteiger partial charge on any atom is 0.241 e. The molecule has 0 amide bonds. The highest BCUT2D eigenvalue weighted by Crippen LogP contribution is 2.29. The van der Waals surface area contributed by atoms with Gasteiger partial charge in [-0.25, -0.2) is 13.1 Å². The Morgan fingerprint density at radius 2 is 1.38 bits per heavy atom. The minimum atomic E-state index is -3.51. The zero-order valence-corrected chi connectivity index (χ0v) is 15.4. The minimum Gasteiger partial charge on any atom is -0.207 e. The lowest BCUT2D eigenvalue weighted by Gasteiger charge is -2.33. The molecule has 0 aliphatic carbocycles. The van der Waals surface area contributed by atoms with Crippen molar-refractivity contribution >= 4 is 10.0 Å². The van der Waals surface area contributed by atoms with Crippen LogP contribution in [-0.2, 0) is 10.0 Å². The highest BCUT2D eigenvalue weighted by molar-refractivity contribution is 7.89. The predicted molar refractivity (Wildman–Crippen MR) is 89.1 cm³/mol. The van der Waals surface area contributed by atoms with Crippen molar-refractivity contribution in [3.05, 3.63) is 28.8 Å². The second-order valence-corrected chi connectivity index (χ2v) is 9.58. The highest BCUT2D eigenvalue weighted by atomic mass is 32.2. The van der Waals surface area contributed by atoms with Crippen molar-refractivity contribution in [1.82, 2.24) is 4.72 Å². The van der Waals surface area contributed by atoms with Crippen LogP contribution in [0.15, 0.2) is 17.0 Å². The second kappa shape index (κ2) is 5.73. The zero-order chi connectivity index (χ0) is 16.6. The summed E-state index contributed by atoms with van der Waals surface area (Å²) in [6, 6.07) is 3.70. The topological polar surface area (TPSA) is 46.2 Å². The van der Waals surface area contributed by atoms with Gasteiger partial charge in [-0.05, 0) is 69.2 Å². The number of aryl methyl sites for hydroxylation is 3. The molecule has 0 heterocycles. The van der Waals surface area contributed by atoms with Crippen LogP contribution in [0.1, 0.15) is 57.7 Å². The van der Waals surface area contributed by atoms with E-state index in [9.17, 15) is 8.42 Å². The fraction of sp³-hybridized carbons (Fsp3) is 0.647. The quantitative estimate of drug-likeness (QED) is 0.909. The summed E-state index contributed by atoms with van der Waals surface area (Å²) >= 11 is 0. The van der Waals surface area contributed by atoms with E-state index in [1.165, 1.54) is 0 Å². The van der Waals surface area contributed by atoms with Gasteiger partial charge in [0.2, 0.25) is 10.0 Å². The average Bonchev–Trinajstić information content (AvgIpc) is 2.17. The molecule has 0 saturated carbocycles. The fourth-order valence-corrected chi connectivity index (χ4v) is 4.73. The van der Waals surface area contributed by atoms with Gasteiger partial charge in [-0.2, -0.15) is 0 Å². The van der Waals surface area contributed by atoms with Crippen LogP contribution < -0.4 is 4.72 Å². The van der Waals surface area contributed by atoms with Gasteiger partial charge in [-0.15, -0.1) is 0 Å². The standard InChI is InChI=1S/C17H29NO2S/c1-12-9-14(3)15(10-13(12)2)21(19,20)18-17(7,8)11-16(4,5)6/h9-10,18H,11H2,1-8H3. The summed E-state index contributed by atoms with van der Waals surface area (Å²) in [7, 11) is -3.51. The highest BCUT2D eigenvalue weighted by Gasteiger charge is 2.31. The second-order valence-electron chi connectivity index (χ2n) is 7.93. The van der Waals surface area contributed by atoms with E-state index in [0.717, 1.165) is 23.1 Å². The SMILES string of the molecule is Cc1cc(C)c(S(=O)(=O)NC(C)(C)CC(C)(C)C)cc1C. The first-order chi connectivity index (χ1) is 9.23. The van der Waals surface area contributed by atoms with Gasteiger partial charge in [0, 0.05) is 5.54 Å². The first-order valence-electron chi connectivity index (χ1n) is 7.35. The van der Waals surface area contributed by atoms with E-state index in [0.29, 0.717) is 4.90 Å². The first-order valence-corrected chi connectivity index (χ1v) is 8.84. The predicted octanol–water partition coefficient (Wildman–Crippen LogP) is 4.10. The molecule has 3 nitrogen and oxygen atoms in total. The van der Waals surface area contributed by atoms with Gasteiger partial charge >= 0.3 is 0 Å². The first kappa shape index (κ1) is 18.2. The molecule has 1 aromatic carbocycles. The number of hydrogen-bond acceptors (Lipinski definition) is 2. The van der Waals surface area contributed by atoms with Crippen molar-refractivity contribution in [3.63, 3.8) is 0 Å². The van der Waals surface area contributed by atoms with Crippen molar-refractivity contribution in [1.29, 1.82) is 0 Å². The molecule has 0 aromatic heterocycles. The molecule has 1 rings (SSSR count). The lowest BCUT2D eigenvalue weighted by molar-refractivity contribution is 0.269. The van der Waals surface area contributed by atoms with E-state index in [2.05, 4.69) is 25.5 Å². The molecule has 0 saturated heterocycles. The van der Waals surface area contributed by atoms with Crippen LogP contribution in [0, 0.1) is 26.2 Å². The summed E-state index contributed by atoms with van der Waals surface area (Å²) in [6.45, 7) is 16.0. The molecule has 0 bridgehead atoms. The Kier molecular flexibility index (Phi) is 4.96. The van der Waals surface area contributed by atoms with Crippen LogP contribution in [0.2, 0.25) is 0 Å². The Hall–Kier alpha value is -0.870. The zero-order valence-electron chi connectivity index (χ0n) is 14.6. The third-order valence-electron chi connectivity index (χ3n) is 3.46. The number of benzene rings is 1. The smallest absolute Gasteiger partial charge is 0.207 e. The molecule has 0 radical (unpaired) electrons. The molecular weight excluding hydrogens is 282 g/mol. The summed E-state index contributed by atoms with van der Waals surface area (Å²) in [5.74, 6) is 0. The molecule has 4 heteroatoms. The number of hydrogen-bond donors (Lipinski definition) is 1. The van der Waals surface area contributed by atoms with Gasteiger partial charge in [0.1, 0.15) is 0 Å². The van der Waals surface area contributed by atoms with Crippen LogP contribution in [-0.4, -0.2) is 14.0 Å². The molecule has 0 aliphatic heterocycles. The lowest BCUT2D eigenvalue weighted by Crippen LogP contribution is -2.45. The van der Waals surface area contributed by atoms with E-state index in [4.69, 9.17) is 0 Å². The van der Waals surface area contributed by atoms with Crippen LogP contribution in [0.25, 0.3) is 0 Å². The van der Waals surface area contributed by atoms with E-state index in [-0.39, 0.29) is 5.41 Å². The number of nitrogens with one attached hydrogen (secondary N) is 1. The van der Waals surface area contributed by atoms with Crippen molar-refractivity contribution in [3.8, 4) is 0 Å². The van der Waals surface area contributed by atoms with Gasteiger partial charge in [0.15, 0.2) is 0 Å². The summed E-state index contributed by atoms with van der Waals surface area (Å²) in [5, 5.41) is 0. The Labute approximate surface area is 130 Å². The van der Waals surface area contributed by atoms with Crippen molar-refractivity contribution in [2.75, 3.05) is 0 Å². The van der Waals surface area contributed by atoms with Crippen LogP contribution >= 0.6 is 0 Å². The molecule has 1 aromatic rings. The molecule has 0 fully saturated rings. The summed E-state index contributed by atoms with van der Waals surface area (Å²) in [5.41, 5.74) is 2.47. The monoisotopic (exact) mass is 311 g/mol. The van der Waals surface area contributed by atoms with E-state index < -0.39 is 15.6 Å². The number of rotatable bonds is 4. The van der Waals surface area contributed by atoms with Gasteiger partial charge in [0.05, 0.1) is 4.90 Å². The maximum atomic E-state index is 12.7. The van der Waals surface area contributed by atoms with Gasteiger partial charge < -0.3 is 0 Å². The van der Waals surface area contributed by atoms with Crippen molar-refractivity contribution in [2.45, 2.75) is 72.2 Å². The summed E-state index contributed by atoms with van der Waals surface area (Å²) in [4.78, 5) is 0.382. The molecule has 1 N–H and O–H groups in total. The third-order valence-corrected chi connectivity index (χ3v) is 5.30. The van der Waals surface area contributed by atoms with Gasteiger partial charge in [-0.3, -0.25) is 0 Å². The summed E-state index contributed by atoms with van der Waals surface area (Å²) < 4.78 is 28.3. The minimum absolute atomic E-state index is 0.0598. The molecule has 120 valence electrons. The molecule has 21 heavy (non-hydrogen) atoms. The largest absolute Gasteiger partial charge is 0.241 e. The maximum absolute atomic E-state index is 12.7. The number of sulfonamides is 1. The van der Waals surface area contributed by atoms with Gasteiger partial charge in [-0.1, -0.05) is 26.8 Å². The van der Waals surface area contributed by atoms with E-state index >= 15 is 0 Å². The van der Waals surface area contributed by atoms with Crippen LogP contribution in [0.5, 0.6) is 0 Å². The third kappa shape index (κ3) is 5.11. The Morgan fingerprint density at radius 1 is 0.905 bits per heavy atom. The van der Waals surface area contributed by atoms with Crippen molar-refractivity contribution < 1.29 is 8.42 Å². The van der Waals surface area contributed by atoms with E-state index in [1.54, 1.807) is 6.07 Å². The lowest BCUT2D eigenvalue weighted by atomic mass is 9.82. The molecule has 0 atom stereocenters. The molecule has 0 spiro atoms. The Bertz CT molecular complexity index is 623. The fourth-order valence-electron chi connectivity index (χ4n) is 3.00. The molecular formula is C17H29NO2S.